The van der Waals surface area contributed by atoms with Crippen LogP contribution in [0.4, 0.5) is 11.4 Å². The topological polar surface area (TPSA) is 61.9 Å². The Balaban J connectivity index is 1.56. The molecule has 1 aliphatic heterocycles. The van der Waals surface area contributed by atoms with Gasteiger partial charge in [-0.1, -0.05) is 41.9 Å². The second kappa shape index (κ2) is 10.7. The quantitative estimate of drug-likeness (QED) is 0.451. The molecule has 0 radical (unpaired) electrons. The number of para-hydroxylation sites is 1. The monoisotopic (exact) mass is 493 g/mol. The van der Waals surface area contributed by atoms with Gasteiger partial charge in [-0.2, -0.15) is 0 Å². The number of carbonyl (C=O) groups is 2. The zero-order valence-electron chi connectivity index (χ0n) is 18.6. The van der Waals surface area contributed by atoms with Gasteiger partial charge in [-0.05, 0) is 72.7 Å². The fraction of sp³-hybridized carbons (Fsp3) is 0.192. The third-order valence-corrected chi connectivity index (χ3v) is 6.31. The number of benzene rings is 3. The molecule has 34 heavy (non-hydrogen) atoms. The van der Waals surface area contributed by atoms with E-state index in [9.17, 15) is 9.59 Å². The Labute approximate surface area is 209 Å². The number of hydrogen-bond acceptors (Lipinski definition) is 4. The largest absolute Gasteiger partial charge is 0.497 e. The van der Waals surface area contributed by atoms with Crippen molar-refractivity contribution in [3.8, 4) is 5.75 Å². The van der Waals surface area contributed by atoms with Crippen LogP contribution in [0.5, 0.6) is 5.75 Å². The van der Waals surface area contributed by atoms with Gasteiger partial charge in [-0.15, -0.1) is 0 Å². The van der Waals surface area contributed by atoms with Crippen LogP contribution in [0.15, 0.2) is 78.9 Å². The minimum atomic E-state index is -0.703. The number of thiocarbonyl (C=S) groups is 1. The Kier molecular flexibility index (Phi) is 7.45. The number of ether oxygens (including phenoxy) is 1. The number of halogens is 1. The first-order valence-electron chi connectivity index (χ1n) is 10.8. The predicted octanol–water partition coefficient (Wildman–Crippen LogP) is 4.92. The van der Waals surface area contributed by atoms with Gasteiger partial charge >= 0.3 is 0 Å². The van der Waals surface area contributed by atoms with Gasteiger partial charge in [-0.3, -0.25) is 14.5 Å². The molecule has 0 aromatic heterocycles. The highest BCUT2D eigenvalue weighted by Crippen LogP contribution is 2.29. The third-order valence-electron chi connectivity index (χ3n) is 5.64. The first kappa shape index (κ1) is 23.7. The average molecular weight is 494 g/mol. The number of methoxy groups -OCH3 is 1. The molecule has 2 amide bonds. The van der Waals surface area contributed by atoms with Crippen LogP contribution in [-0.2, 0) is 16.0 Å². The van der Waals surface area contributed by atoms with Crippen LogP contribution >= 0.6 is 23.8 Å². The third kappa shape index (κ3) is 5.38. The number of hydrogen-bond donors (Lipinski definition) is 1. The van der Waals surface area contributed by atoms with Crippen LogP contribution in [0.25, 0.3) is 0 Å². The molecule has 1 saturated heterocycles. The second-order valence-corrected chi connectivity index (χ2v) is 8.66. The van der Waals surface area contributed by atoms with E-state index < -0.39 is 6.04 Å². The van der Waals surface area contributed by atoms with Gasteiger partial charge in [0.25, 0.3) is 5.91 Å². The van der Waals surface area contributed by atoms with Gasteiger partial charge in [0, 0.05) is 17.3 Å². The lowest BCUT2D eigenvalue weighted by molar-refractivity contribution is -0.124. The Hall–Kier alpha value is -3.42. The molecule has 1 fully saturated rings. The molecule has 1 atom stereocenters. The van der Waals surface area contributed by atoms with Crippen LogP contribution in [0.1, 0.15) is 12.0 Å². The van der Waals surface area contributed by atoms with E-state index in [1.807, 2.05) is 47.4 Å². The maximum Gasteiger partial charge on any atom is 0.256 e. The molecule has 3 aromatic rings. The van der Waals surface area contributed by atoms with E-state index >= 15 is 0 Å². The maximum atomic E-state index is 13.5. The highest BCUT2D eigenvalue weighted by Gasteiger charge is 2.43. The second-order valence-electron chi connectivity index (χ2n) is 7.86. The molecule has 1 heterocycles. The first-order chi connectivity index (χ1) is 16.5. The number of nitrogens with one attached hydrogen (secondary N) is 1. The van der Waals surface area contributed by atoms with E-state index in [4.69, 9.17) is 28.6 Å². The Bertz CT molecular complexity index is 1170. The summed E-state index contributed by atoms with van der Waals surface area (Å²) in [4.78, 5) is 29.6. The highest BCUT2D eigenvalue weighted by atomic mass is 35.5. The lowest BCUT2D eigenvalue weighted by Gasteiger charge is -2.24. The zero-order valence-corrected chi connectivity index (χ0v) is 20.2. The first-order valence-corrected chi connectivity index (χ1v) is 11.6. The summed E-state index contributed by atoms with van der Waals surface area (Å²) in [5.74, 6) is 0.203. The molecule has 0 bridgehead atoms. The molecule has 174 valence electrons. The zero-order chi connectivity index (χ0) is 24.1. The lowest BCUT2D eigenvalue weighted by atomic mass is 10.1. The lowest BCUT2D eigenvalue weighted by Crippen LogP contribution is -2.39. The summed E-state index contributed by atoms with van der Waals surface area (Å²) in [6.45, 7) is 0.488. The molecular formula is C26H24ClN3O3S. The summed E-state index contributed by atoms with van der Waals surface area (Å²) in [5, 5.41) is 3.90. The van der Waals surface area contributed by atoms with Gasteiger partial charge in [0.1, 0.15) is 11.8 Å². The summed E-state index contributed by atoms with van der Waals surface area (Å²) in [7, 11) is 1.58. The van der Waals surface area contributed by atoms with Crippen molar-refractivity contribution in [2.24, 2.45) is 0 Å². The van der Waals surface area contributed by atoms with Crippen LogP contribution in [0, 0.1) is 0 Å². The normalized spacial score (nSPS) is 15.5. The van der Waals surface area contributed by atoms with Crippen molar-refractivity contribution >= 4 is 52.1 Å². The van der Waals surface area contributed by atoms with Crippen LogP contribution in [0.2, 0.25) is 5.02 Å². The predicted molar refractivity (Wildman–Crippen MR) is 138 cm³/mol. The Morgan fingerprint density at radius 3 is 2.35 bits per heavy atom. The molecule has 0 saturated carbocycles. The molecule has 8 heteroatoms. The van der Waals surface area contributed by atoms with Gasteiger partial charge in [0.15, 0.2) is 5.11 Å². The summed E-state index contributed by atoms with van der Waals surface area (Å²) in [6, 6.07) is 23.1. The van der Waals surface area contributed by atoms with Crippen LogP contribution in [-0.4, -0.2) is 41.5 Å². The van der Waals surface area contributed by atoms with Crippen molar-refractivity contribution in [1.82, 2.24) is 4.90 Å². The number of carbonyl (C=O) groups excluding carboxylic acids is 2. The summed E-state index contributed by atoms with van der Waals surface area (Å²) < 4.78 is 5.22. The van der Waals surface area contributed by atoms with E-state index in [0.29, 0.717) is 40.2 Å². The fourth-order valence-corrected chi connectivity index (χ4v) is 4.41. The minimum Gasteiger partial charge on any atom is -0.497 e. The van der Waals surface area contributed by atoms with Crippen molar-refractivity contribution < 1.29 is 14.3 Å². The molecule has 0 aliphatic carbocycles. The number of anilines is 2. The van der Waals surface area contributed by atoms with Crippen LogP contribution < -0.4 is 15.0 Å². The molecule has 4 rings (SSSR count). The summed E-state index contributed by atoms with van der Waals surface area (Å²) >= 11 is 11.7. The number of nitrogens with zero attached hydrogens (tertiary/aromatic N) is 2. The van der Waals surface area contributed by atoms with E-state index in [1.54, 1.807) is 43.5 Å². The Morgan fingerprint density at radius 2 is 1.71 bits per heavy atom. The van der Waals surface area contributed by atoms with E-state index in [-0.39, 0.29) is 18.2 Å². The highest BCUT2D eigenvalue weighted by molar-refractivity contribution is 7.80. The van der Waals surface area contributed by atoms with Crippen molar-refractivity contribution in [2.45, 2.75) is 18.9 Å². The molecule has 0 spiro atoms. The van der Waals surface area contributed by atoms with Crippen molar-refractivity contribution in [3.05, 3.63) is 89.4 Å². The van der Waals surface area contributed by atoms with E-state index in [0.717, 1.165) is 5.56 Å². The number of rotatable bonds is 8. The van der Waals surface area contributed by atoms with Gasteiger partial charge in [0.2, 0.25) is 5.91 Å². The van der Waals surface area contributed by atoms with Gasteiger partial charge in [0.05, 0.1) is 19.2 Å². The molecule has 6 nitrogen and oxygen atoms in total. The van der Waals surface area contributed by atoms with E-state index in [2.05, 4.69) is 5.32 Å². The smallest absolute Gasteiger partial charge is 0.256 e. The van der Waals surface area contributed by atoms with Gasteiger partial charge in [-0.25, -0.2) is 0 Å². The van der Waals surface area contributed by atoms with Gasteiger partial charge < -0.3 is 15.0 Å². The van der Waals surface area contributed by atoms with Crippen molar-refractivity contribution in [2.75, 3.05) is 23.9 Å². The maximum absolute atomic E-state index is 13.5. The van der Waals surface area contributed by atoms with Crippen molar-refractivity contribution in [3.63, 3.8) is 0 Å². The van der Waals surface area contributed by atoms with E-state index in [1.165, 1.54) is 4.90 Å². The molecule has 1 aliphatic rings. The SMILES string of the molecule is COc1ccc(N2C(=O)C(CC(=O)Nc3ccccc3)N(CCc3ccc(Cl)cc3)C2=S)cc1. The fourth-order valence-electron chi connectivity index (χ4n) is 3.87. The Morgan fingerprint density at radius 1 is 1.03 bits per heavy atom. The summed E-state index contributed by atoms with van der Waals surface area (Å²) in [5.41, 5.74) is 2.38. The van der Waals surface area contributed by atoms with Crippen LogP contribution in [0.3, 0.4) is 0 Å². The minimum absolute atomic E-state index is 0.0128. The standard InChI is InChI=1S/C26H24ClN3O3S/c1-33-22-13-11-21(12-14-22)30-25(32)23(17-24(31)28-20-5-3-2-4-6-20)29(26(30)34)16-15-18-7-9-19(27)10-8-18/h2-14,23H,15-17H2,1H3,(H,28,31). The molecule has 3 aromatic carbocycles. The molecule has 1 unspecified atom stereocenters. The van der Waals surface area contributed by atoms with Crippen molar-refractivity contribution in [1.29, 1.82) is 0 Å². The molecule has 1 N–H and O–H groups in total. The number of amides is 2. The molecular weight excluding hydrogens is 470 g/mol. The summed E-state index contributed by atoms with van der Waals surface area (Å²) in [6.07, 6.45) is 0.638. The average Bonchev–Trinajstić information content (AvgIpc) is 3.08.